The van der Waals surface area contributed by atoms with Gasteiger partial charge in [0, 0.05) is 24.9 Å². The van der Waals surface area contributed by atoms with Crippen LogP contribution < -0.4 is 10.6 Å². The number of ketones is 1. The van der Waals surface area contributed by atoms with Crippen LogP contribution in [0.1, 0.15) is 34.8 Å². The Balaban J connectivity index is 1.79. The molecule has 0 saturated heterocycles. The lowest BCUT2D eigenvalue weighted by Gasteiger charge is -1.99. The van der Waals surface area contributed by atoms with E-state index in [0.717, 1.165) is 38.6 Å². The Labute approximate surface area is 153 Å². The first-order valence-electron chi connectivity index (χ1n) is 7.65. The van der Waals surface area contributed by atoms with E-state index < -0.39 is 0 Å². The molecule has 130 valence electrons. The van der Waals surface area contributed by atoms with E-state index >= 15 is 0 Å². The van der Waals surface area contributed by atoms with Crippen LogP contribution >= 0.6 is 34.4 Å². The van der Waals surface area contributed by atoms with Crippen molar-refractivity contribution in [2.24, 2.45) is 0 Å². The SMILES string of the molecule is CCCNc1nnc(SCC(=O)c2ccc(CCNC(C)=O)s2)s1. The third kappa shape index (κ3) is 6.21. The normalized spacial score (nSPS) is 10.6. The molecule has 2 heterocycles. The highest BCUT2D eigenvalue weighted by Gasteiger charge is 2.12. The number of aromatic nitrogens is 2. The van der Waals surface area contributed by atoms with Crippen LogP contribution in [0.5, 0.6) is 0 Å². The van der Waals surface area contributed by atoms with Crippen molar-refractivity contribution in [3.05, 3.63) is 21.9 Å². The van der Waals surface area contributed by atoms with E-state index in [9.17, 15) is 9.59 Å². The van der Waals surface area contributed by atoms with Crippen molar-refractivity contribution >= 4 is 51.3 Å². The molecule has 0 aliphatic heterocycles. The molecule has 2 rings (SSSR count). The van der Waals surface area contributed by atoms with Gasteiger partial charge in [0.25, 0.3) is 0 Å². The first-order valence-corrected chi connectivity index (χ1v) is 10.3. The number of hydrogen-bond acceptors (Lipinski definition) is 8. The first-order chi connectivity index (χ1) is 11.6. The summed E-state index contributed by atoms with van der Waals surface area (Å²) in [6.45, 7) is 5.05. The largest absolute Gasteiger partial charge is 0.360 e. The molecule has 0 saturated carbocycles. The summed E-state index contributed by atoms with van der Waals surface area (Å²) in [5.74, 6) is 0.409. The number of Topliss-reactive ketones (excluding diaryl/α,β-unsaturated/α-hetero) is 1. The maximum Gasteiger partial charge on any atom is 0.216 e. The fourth-order valence-electron chi connectivity index (χ4n) is 1.79. The van der Waals surface area contributed by atoms with Crippen LogP contribution in [-0.4, -0.2) is 40.7 Å². The molecule has 2 aromatic rings. The van der Waals surface area contributed by atoms with Gasteiger partial charge in [0.1, 0.15) is 0 Å². The molecule has 6 nitrogen and oxygen atoms in total. The van der Waals surface area contributed by atoms with Gasteiger partial charge in [-0.2, -0.15) is 0 Å². The van der Waals surface area contributed by atoms with Crippen LogP contribution in [0.3, 0.4) is 0 Å². The van der Waals surface area contributed by atoms with Crippen LogP contribution in [-0.2, 0) is 11.2 Å². The van der Waals surface area contributed by atoms with Gasteiger partial charge in [0.05, 0.1) is 10.6 Å². The van der Waals surface area contributed by atoms with Crippen molar-refractivity contribution in [1.82, 2.24) is 15.5 Å². The summed E-state index contributed by atoms with van der Waals surface area (Å²) in [5, 5.41) is 14.9. The minimum absolute atomic E-state index is 0.0379. The number of anilines is 1. The second-order valence-corrected chi connectivity index (χ2v) is 8.38. The predicted octanol–water partition coefficient (Wildman–Crippen LogP) is 3.08. The molecule has 0 bridgehead atoms. The lowest BCUT2D eigenvalue weighted by Crippen LogP contribution is -2.22. The molecule has 2 aromatic heterocycles. The number of hydrogen-bond donors (Lipinski definition) is 2. The maximum absolute atomic E-state index is 12.3. The van der Waals surface area contributed by atoms with Gasteiger partial charge < -0.3 is 10.6 Å². The average molecular weight is 385 g/mol. The van der Waals surface area contributed by atoms with Crippen LogP contribution in [0.2, 0.25) is 0 Å². The molecule has 2 N–H and O–H groups in total. The zero-order chi connectivity index (χ0) is 17.4. The fraction of sp³-hybridized carbons (Fsp3) is 0.467. The van der Waals surface area contributed by atoms with Gasteiger partial charge in [-0.15, -0.1) is 21.5 Å². The molecule has 0 aliphatic carbocycles. The van der Waals surface area contributed by atoms with Gasteiger partial charge in [0.15, 0.2) is 10.1 Å². The van der Waals surface area contributed by atoms with Crippen LogP contribution in [0.4, 0.5) is 5.13 Å². The molecule has 0 aromatic carbocycles. The third-order valence-corrected chi connectivity index (χ3v) is 6.14. The molecule has 24 heavy (non-hydrogen) atoms. The quantitative estimate of drug-likeness (QED) is 0.484. The minimum atomic E-state index is -0.0379. The smallest absolute Gasteiger partial charge is 0.216 e. The Morgan fingerprint density at radius 2 is 2.04 bits per heavy atom. The number of nitrogens with one attached hydrogen (secondary N) is 2. The van der Waals surface area contributed by atoms with E-state index in [2.05, 4.69) is 27.8 Å². The summed E-state index contributed by atoms with van der Waals surface area (Å²) in [7, 11) is 0. The van der Waals surface area contributed by atoms with Crippen molar-refractivity contribution < 1.29 is 9.59 Å². The standard InChI is InChI=1S/C15H20N4O2S3/c1-3-7-17-14-18-19-15(24-14)22-9-12(21)13-5-4-11(23-13)6-8-16-10(2)20/h4-5H,3,6-9H2,1-2H3,(H,16,20)(H,17,18). The topological polar surface area (TPSA) is 84.0 Å². The van der Waals surface area contributed by atoms with E-state index in [4.69, 9.17) is 0 Å². The van der Waals surface area contributed by atoms with Crippen molar-refractivity contribution in [3.8, 4) is 0 Å². The van der Waals surface area contributed by atoms with Gasteiger partial charge in [0.2, 0.25) is 11.0 Å². The van der Waals surface area contributed by atoms with E-state index in [1.807, 2.05) is 12.1 Å². The number of carbonyl (C=O) groups excluding carboxylic acids is 2. The number of carbonyl (C=O) groups is 2. The van der Waals surface area contributed by atoms with Gasteiger partial charge in [-0.3, -0.25) is 9.59 Å². The summed E-state index contributed by atoms with van der Waals surface area (Å²) < 4.78 is 0.796. The number of rotatable bonds is 10. The molecule has 1 amide bonds. The third-order valence-electron chi connectivity index (χ3n) is 2.94. The summed E-state index contributed by atoms with van der Waals surface area (Å²) in [6.07, 6.45) is 1.77. The monoisotopic (exact) mass is 384 g/mol. The Morgan fingerprint density at radius 3 is 2.79 bits per heavy atom. The highest BCUT2D eigenvalue weighted by atomic mass is 32.2. The Morgan fingerprint density at radius 1 is 1.21 bits per heavy atom. The average Bonchev–Trinajstić information content (AvgIpc) is 3.19. The van der Waals surface area contributed by atoms with Gasteiger partial charge in [-0.25, -0.2) is 0 Å². The van der Waals surface area contributed by atoms with Crippen molar-refractivity contribution in [2.75, 3.05) is 24.2 Å². The molecule has 0 radical (unpaired) electrons. The lowest BCUT2D eigenvalue weighted by molar-refractivity contribution is -0.118. The number of thiophene rings is 1. The van der Waals surface area contributed by atoms with Gasteiger partial charge in [-0.1, -0.05) is 30.0 Å². The summed E-state index contributed by atoms with van der Waals surface area (Å²) in [5.41, 5.74) is 0. The van der Waals surface area contributed by atoms with Crippen molar-refractivity contribution in [3.63, 3.8) is 0 Å². The molecule has 0 unspecified atom stereocenters. The Hall–Kier alpha value is -1.45. The number of amides is 1. The summed E-state index contributed by atoms with van der Waals surface area (Å²) in [6, 6.07) is 3.80. The fourth-order valence-corrected chi connectivity index (χ4v) is 4.49. The second kappa shape index (κ2) is 9.75. The van der Waals surface area contributed by atoms with Crippen molar-refractivity contribution in [2.45, 2.75) is 31.0 Å². The zero-order valence-electron chi connectivity index (χ0n) is 13.6. The van der Waals surface area contributed by atoms with Crippen LogP contribution in [0.15, 0.2) is 16.5 Å². The van der Waals surface area contributed by atoms with E-state index in [-0.39, 0.29) is 11.7 Å². The molecule has 0 fully saturated rings. The summed E-state index contributed by atoms with van der Waals surface area (Å²) >= 11 is 4.37. The number of thioether (sulfide) groups is 1. The molecular weight excluding hydrogens is 364 g/mol. The van der Waals surface area contributed by atoms with Gasteiger partial charge >= 0.3 is 0 Å². The van der Waals surface area contributed by atoms with E-state index in [0.29, 0.717) is 12.3 Å². The minimum Gasteiger partial charge on any atom is -0.360 e. The second-order valence-electron chi connectivity index (χ2n) is 5.01. The highest BCUT2D eigenvalue weighted by Crippen LogP contribution is 2.27. The molecular formula is C15H20N4O2S3. The Bertz CT molecular complexity index is 684. The predicted molar refractivity (Wildman–Crippen MR) is 100 cm³/mol. The number of nitrogens with zero attached hydrogens (tertiary/aromatic N) is 2. The highest BCUT2D eigenvalue weighted by molar-refractivity contribution is 8.01. The molecule has 0 spiro atoms. The Kier molecular flexibility index (Phi) is 7.67. The van der Waals surface area contributed by atoms with Crippen molar-refractivity contribution in [1.29, 1.82) is 0 Å². The molecule has 0 aliphatic rings. The molecule has 9 heteroatoms. The van der Waals surface area contributed by atoms with Gasteiger partial charge in [-0.05, 0) is 25.0 Å². The van der Waals surface area contributed by atoms with E-state index in [1.165, 1.54) is 41.4 Å². The zero-order valence-corrected chi connectivity index (χ0v) is 16.1. The maximum atomic E-state index is 12.3. The summed E-state index contributed by atoms with van der Waals surface area (Å²) in [4.78, 5) is 24.9. The lowest BCUT2D eigenvalue weighted by atomic mass is 10.3. The van der Waals surface area contributed by atoms with Crippen LogP contribution in [0.25, 0.3) is 0 Å². The van der Waals surface area contributed by atoms with Crippen LogP contribution in [0, 0.1) is 0 Å². The first kappa shape index (κ1) is 18.9. The van der Waals surface area contributed by atoms with E-state index in [1.54, 1.807) is 0 Å². The molecule has 0 atom stereocenters.